The standard InChI is InChI=1S/C23H30N2O6/c1-5-9-25-17-7-6-15(24-10-12-30-21(24)28)13-16(17)23(20(25)27)14(2)19(22(3,4)29)18(31-23)8-11-26/h5-7,13-14,18-19,26,29H,1,8-12H2,2-4H3/t14-,18+,19-,23+/m0/s1. The number of fused-ring (bicyclic) bond motifs is 2. The maximum Gasteiger partial charge on any atom is 0.414 e. The van der Waals surface area contributed by atoms with E-state index in [4.69, 9.17) is 9.47 Å². The van der Waals surface area contributed by atoms with E-state index in [1.807, 2.05) is 19.1 Å². The third-order valence-electron chi connectivity index (χ3n) is 6.77. The van der Waals surface area contributed by atoms with Crippen LogP contribution >= 0.6 is 0 Å². The molecule has 4 atom stereocenters. The zero-order chi connectivity index (χ0) is 22.6. The number of ether oxygens (including phenoxy) is 2. The molecule has 1 aromatic carbocycles. The van der Waals surface area contributed by atoms with Crippen LogP contribution < -0.4 is 9.80 Å². The van der Waals surface area contributed by atoms with Gasteiger partial charge in [0.2, 0.25) is 0 Å². The van der Waals surface area contributed by atoms with Gasteiger partial charge in [0.05, 0.1) is 23.9 Å². The summed E-state index contributed by atoms with van der Waals surface area (Å²) in [5, 5.41) is 20.5. The number of aliphatic hydroxyl groups is 2. The summed E-state index contributed by atoms with van der Waals surface area (Å²) in [5.74, 6) is -0.961. The summed E-state index contributed by atoms with van der Waals surface area (Å²) in [5.41, 5.74) is -0.436. The number of amides is 2. The van der Waals surface area contributed by atoms with Crippen molar-refractivity contribution in [1.82, 2.24) is 0 Å². The third-order valence-corrected chi connectivity index (χ3v) is 6.77. The molecule has 2 amide bonds. The Kier molecular flexibility index (Phi) is 5.36. The zero-order valence-electron chi connectivity index (χ0n) is 18.2. The summed E-state index contributed by atoms with van der Waals surface area (Å²) in [6.45, 7) is 10.1. The van der Waals surface area contributed by atoms with Crippen molar-refractivity contribution in [3.63, 3.8) is 0 Å². The Labute approximate surface area is 182 Å². The number of carbonyl (C=O) groups excluding carboxylic acids is 2. The van der Waals surface area contributed by atoms with Gasteiger partial charge < -0.3 is 24.6 Å². The summed E-state index contributed by atoms with van der Waals surface area (Å²) in [6.07, 6.45) is 1.04. The van der Waals surface area contributed by atoms with Gasteiger partial charge in [-0.15, -0.1) is 6.58 Å². The minimum atomic E-state index is -1.32. The lowest BCUT2D eigenvalue weighted by Crippen LogP contribution is -2.46. The molecule has 2 N–H and O–H groups in total. The van der Waals surface area contributed by atoms with Crippen LogP contribution in [0.15, 0.2) is 30.9 Å². The maximum absolute atomic E-state index is 13.8. The van der Waals surface area contributed by atoms with E-state index in [1.54, 1.807) is 30.9 Å². The van der Waals surface area contributed by atoms with Crippen molar-refractivity contribution in [3.05, 3.63) is 36.4 Å². The van der Waals surface area contributed by atoms with E-state index in [9.17, 15) is 19.8 Å². The minimum Gasteiger partial charge on any atom is -0.447 e. The van der Waals surface area contributed by atoms with Crippen molar-refractivity contribution in [2.45, 2.75) is 44.5 Å². The number of carbonyl (C=O) groups is 2. The first-order chi connectivity index (χ1) is 14.7. The molecule has 0 unspecified atom stereocenters. The van der Waals surface area contributed by atoms with E-state index in [2.05, 4.69) is 6.58 Å². The monoisotopic (exact) mass is 430 g/mol. The number of nitrogens with zero attached hydrogens (tertiary/aromatic N) is 2. The predicted molar refractivity (Wildman–Crippen MR) is 115 cm³/mol. The van der Waals surface area contributed by atoms with Gasteiger partial charge in [-0.3, -0.25) is 9.69 Å². The lowest BCUT2D eigenvalue weighted by Gasteiger charge is -2.34. The third kappa shape index (κ3) is 3.16. The van der Waals surface area contributed by atoms with Crippen LogP contribution in [0.4, 0.5) is 16.2 Å². The molecule has 0 bridgehead atoms. The fourth-order valence-electron chi connectivity index (χ4n) is 5.57. The van der Waals surface area contributed by atoms with Gasteiger partial charge in [-0.05, 0) is 38.5 Å². The Morgan fingerprint density at radius 3 is 2.68 bits per heavy atom. The fourth-order valence-corrected chi connectivity index (χ4v) is 5.57. The fraction of sp³-hybridized carbons (Fsp3) is 0.565. The molecule has 31 heavy (non-hydrogen) atoms. The van der Waals surface area contributed by atoms with Crippen molar-refractivity contribution in [3.8, 4) is 0 Å². The van der Waals surface area contributed by atoms with E-state index in [-0.39, 0.29) is 24.3 Å². The Bertz CT molecular complexity index is 910. The van der Waals surface area contributed by atoms with Gasteiger partial charge in [-0.1, -0.05) is 13.0 Å². The second kappa shape index (κ2) is 7.62. The first-order valence-electron chi connectivity index (χ1n) is 10.7. The summed E-state index contributed by atoms with van der Waals surface area (Å²) >= 11 is 0. The highest BCUT2D eigenvalue weighted by molar-refractivity contribution is 6.08. The Morgan fingerprint density at radius 1 is 1.35 bits per heavy atom. The molecule has 1 aromatic rings. The largest absolute Gasteiger partial charge is 0.447 e. The molecule has 2 fully saturated rings. The van der Waals surface area contributed by atoms with Gasteiger partial charge in [0.15, 0.2) is 5.60 Å². The number of cyclic esters (lactones) is 1. The molecule has 0 aromatic heterocycles. The molecule has 4 rings (SSSR count). The molecule has 8 nitrogen and oxygen atoms in total. The Hall–Kier alpha value is -2.42. The number of aliphatic hydroxyl groups excluding tert-OH is 1. The first kappa shape index (κ1) is 21.8. The van der Waals surface area contributed by atoms with Crippen LogP contribution in [0.2, 0.25) is 0 Å². The molecule has 3 aliphatic rings. The molecule has 8 heteroatoms. The van der Waals surface area contributed by atoms with Crippen LogP contribution in [0.5, 0.6) is 0 Å². The average molecular weight is 431 g/mol. The molecule has 1 spiro atoms. The van der Waals surface area contributed by atoms with Gasteiger partial charge in [-0.25, -0.2) is 4.79 Å². The number of benzene rings is 1. The molecule has 3 heterocycles. The molecular weight excluding hydrogens is 400 g/mol. The van der Waals surface area contributed by atoms with Crippen LogP contribution in [0.25, 0.3) is 0 Å². The van der Waals surface area contributed by atoms with Gasteiger partial charge in [-0.2, -0.15) is 0 Å². The number of anilines is 2. The Balaban J connectivity index is 1.87. The molecule has 3 aliphatic heterocycles. The van der Waals surface area contributed by atoms with E-state index in [1.165, 1.54) is 4.90 Å². The summed E-state index contributed by atoms with van der Waals surface area (Å²) in [6, 6.07) is 5.44. The minimum absolute atomic E-state index is 0.114. The van der Waals surface area contributed by atoms with Crippen molar-refractivity contribution >= 4 is 23.4 Å². The smallest absolute Gasteiger partial charge is 0.414 e. The van der Waals surface area contributed by atoms with E-state index in [0.29, 0.717) is 43.1 Å². The van der Waals surface area contributed by atoms with Crippen molar-refractivity contribution < 1.29 is 29.3 Å². The van der Waals surface area contributed by atoms with Gasteiger partial charge >= 0.3 is 6.09 Å². The second-order valence-corrected chi connectivity index (χ2v) is 9.04. The number of rotatable bonds is 6. The average Bonchev–Trinajstić information content (AvgIpc) is 3.32. The lowest BCUT2D eigenvalue weighted by atomic mass is 9.71. The van der Waals surface area contributed by atoms with E-state index in [0.717, 1.165) is 0 Å². The van der Waals surface area contributed by atoms with Crippen LogP contribution in [0, 0.1) is 11.8 Å². The summed E-state index contributed by atoms with van der Waals surface area (Å²) in [7, 11) is 0. The van der Waals surface area contributed by atoms with Crippen LogP contribution in [0.3, 0.4) is 0 Å². The SMILES string of the molecule is C=CCN1C(=O)[C@]2(O[C@H](CCO)[C@@H](C(C)(C)O)[C@@H]2C)c2cc(N3CCOC3=O)ccc21. The molecule has 0 saturated carbocycles. The van der Waals surface area contributed by atoms with Crippen molar-refractivity contribution in [1.29, 1.82) is 0 Å². The quantitative estimate of drug-likeness (QED) is 0.671. The zero-order valence-corrected chi connectivity index (χ0v) is 18.2. The number of hydrogen-bond donors (Lipinski definition) is 2. The summed E-state index contributed by atoms with van der Waals surface area (Å²) < 4.78 is 11.6. The summed E-state index contributed by atoms with van der Waals surface area (Å²) in [4.78, 5) is 29.1. The molecule has 0 aliphatic carbocycles. The van der Waals surface area contributed by atoms with Gasteiger partial charge in [0.1, 0.15) is 6.61 Å². The normalized spacial score (nSPS) is 30.3. The van der Waals surface area contributed by atoms with E-state index < -0.39 is 23.4 Å². The predicted octanol–water partition coefficient (Wildman–Crippen LogP) is 2.18. The van der Waals surface area contributed by atoms with Crippen LogP contribution in [-0.4, -0.2) is 60.2 Å². The van der Waals surface area contributed by atoms with Crippen LogP contribution in [0.1, 0.15) is 32.8 Å². The van der Waals surface area contributed by atoms with Crippen molar-refractivity contribution in [2.24, 2.45) is 11.8 Å². The van der Waals surface area contributed by atoms with Gasteiger partial charge in [0, 0.05) is 36.2 Å². The number of hydrogen-bond acceptors (Lipinski definition) is 6. The molecule has 2 saturated heterocycles. The molecule has 168 valence electrons. The van der Waals surface area contributed by atoms with E-state index >= 15 is 0 Å². The highest BCUT2D eigenvalue weighted by Crippen LogP contribution is 2.58. The highest BCUT2D eigenvalue weighted by atomic mass is 16.6. The van der Waals surface area contributed by atoms with Crippen molar-refractivity contribution in [2.75, 3.05) is 36.1 Å². The highest BCUT2D eigenvalue weighted by Gasteiger charge is 2.65. The first-order valence-corrected chi connectivity index (χ1v) is 10.7. The van der Waals surface area contributed by atoms with Crippen LogP contribution in [-0.2, 0) is 19.9 Å². The molecule has 0 radical (unpaired) electrons. The second-order valence-electron chi connectivity index (χ2n) is 9.04. The topological polar surface area (TPSA) is 99.5 Å². The van der Waals surface area contributed by atoms with Gasteiger partial charge in [0.25, 0.3) is 5.91 Å². The Morgan fingerprint density at radius 2 is 2.10 bits per heavy atom. The molecular formula is C23H30N2O6. The lowest BCUT2D eigenvalue weighted by molar-refractivity contribution is -0.146. The maximum atomic E-state index is 13.8.